The molecule has 1 aromatic carbocycles. The molecule has 0 radical (unpaired) electrons. The number of pyridine rings is 2. The average molecular weight is 655 g/mol. The van der Waals surface area contributed by atoms with Crippen LogP contribution in [0.25, 0.3) is 11.1 Å². The fraction of sp³-hybridized carbons (Fsp3) is 0.343. The Hall–Kier alpha value is -5.43. The SMILES string of the molecule is CC.CCCc1ccnc(CN(OC)C(=O)c2ccc(-c3cccc(Nc4cc(NC(=O)C5CC5)nnc4C(=O)NC)c3OC)cn2)c1. The van der Waals surface area contributed by atoms with Gasteiger partial charge >= 0.3 is 0 Å². The number of ether oxygens (including phenoxy) is 1. The molecule has 1 aliphatic rings. The molecule has 0 spiro atoms. The van der Waals surface area contributed by atoms with Gasteiger partial charge in [-0.2, -0.15) is 0 Å². The molecule has 3 aromatic heterocycles. The van der Waals surface area contributed by atoms with E-state index in [1.807, 2.05) is 38.1 Å². The number of amides is 3. The van der Waals surface area contributed by atoms with Crippen LogP contribution < -0.4 is 20.7 Å². The van der Waals surface area contributed by atoms with Crippen LogP contribution in [0.15, 0.2) is 60.9 Å². The van der Waals surface area contributed by atoms with Crippen LogP contribution in [0.2, 0.25) is 0 Å². The Labute approximate surface area is 280 Å². The summed E-state index contributed by atoms with van der Waals surface area (Å²) in [6, 6.07) is 14.3. The minimum Gasteiger partial charge on any atom is -0.494 e. The van der Waals surface area contributed by atoms with E-state index in [0.29, 0.717) is 33.9 Å². The summed E-state index contributed by atoms with van der Waals surface area (Å²) in [6.45, 7) is 6.28. The Morgan fingerprint density at radius 2 is 1.77 bits per heavy atom. The van der Waals surface area contributed by atoms with Gasteiger partial charge in [-0.1, -0.05) is 45.4 Å². The summed E-state index contributed by atoms with van der Waals surface area (Å²) >= 11 is 0. The van der Waals surface area contributed by atoms with Gasteiger partial charge in [0.25, 0.3) is 11.8 Å². The second-order valence-electron chi connectivity index (χ2n) is 10.7. The van der Waals surface area contributed by atoms with E-state index in [0.717, 1.165) is 31.2 Å². The number of rotatable bonds is 13. The van der Waals surface area contributed by atoms with Gasteiger partial charge in [0.05, 0.1) is 37.8 Å². The van der Waals surface area contributed by atoms with Crippen LogP contribution in [0.1, 0.15) is 72.3 Å². The van der Waals surface area contributed by atoms with Gasteiger partial charge in [0.15, 0.2) is 11.5 Å². The predicted octanol–water partition coefficient (Wildman–Crippen LogP) is 5.58. The maximum atomic E-state index is 13.3. The van der Waals surface area contributed by atoms with Gasteiger partial charge in [-0.15, -0.1) is 10.2 Å². The molecule has 0 atom stereocenters. The molecule has 0 aliphatic heterocycles. The topological polar surface area (TPSA) is 161 Å². The van der Waals surface area contributed by atoms with E-state index in [1.165, 1.54) is 26.3 Å². The molecule has 5 rings (SSSR count). The maximum Gasteiger partial charge on any atom is 0.296 e. The number of benzene rings is 1. The predicted molar refractivity (Wildman–Crippen MR) is 183 cm³/mol. The van der Waals surface area contributed by atoms with Crippen LogP contribution >= 0.6 is 0 Å². The molecular formula is C35H42N8O5. The molecule has 1 fully saturated rings. The minimum absolute atomic E-state index is 0.0268. The Morgan fingerprint density at radius 1 is 0.979 bits per heavy atom. The molecule has 1 aliphatic carbocycles. The molecule has 0 unspecified atom stereocenters. The van der Waals surface area contributed by atoms with Crippen molar-refractivity contribution in [3.05, 3.63) is 83.6 Å². The third kappa shape index (κ3) is 8.68. The van der Waals surface area contributed by atoms with Crippen molar-refractivity contribution >= 4 is 34.9 Å². The summed E-state index contributed by atoms with van der Waals surface area (Å²) in [6.07, 6.45) is 6.93. The highest BCUT2D eigenvalue weighted by atomic mass is 16.7. The van der Waals surface area contributed by atoms with Gasteiger partial charge < -0.3 is 20.7 Å². The Bertz CT molecular complexity index is 1730. The van der Waals surface area contributed by atoms with Crippen LogP contribution in [0, 0.1) is 5.92 Å². The highest BCUT2D eigenvalue weighted by Crippen LogP contribution is 2.38. The van der Waals surface area contributed by atoms with Crippen LogP contribution in [0.4, 0.5) is 17.2 Å². The van der Waals surface area contributed by atoms with E-state index in [4.69, 9.17) is 9.57 Å². The first-order valence-corrected chi connectivity index (χ1v) is 16.0. The third-order valence-electron chi connectivity index (χ3n) is 7.39. The normalized spacial score (nSPS) is 11.9. The third-order valence-corrected chi connectivity index (χ3v) is 7.39. The second-order valence-corrected chi connectivity index (χ2v) is 10.7. The lowest BCUT2D eigenvalue weighted by atomic mass is 10.0. The smallest absolute Gasteiger partial charge is 0.296 e. The maximum absolute atomic E-state index is 13.3. The molecule has 3 N–H and O–H groups in total. The fourth-order valence-corrected chi connectivity index (χ4v) is 4.87. The van der Waals surface area contributed by atoms with Crippen LogP contribution in [0.5, 0.6) is 5.75 Å². The van der Waals surface area contributed by atoms with Crippen molar-refractivity contribution in [3.8, 4) is 16.9 Å². The van der Waals surface area contributed by atoms with E-state index >= 15 is 0 Å². The molecule has 1 saturated carbocycles. The molecule has 252 valence electrons. The highest BCUT2D eigenvalue weighted by molar-refractivity contribution is 6.00. The zero-order valence-electron chi connectivity index (χ0n) is 28.2. The lowest BCUT2D eigenvalue weighted by Gasteiger charge is -2.19. The molecule has 4 aromatic rings. The van der Waals surface area contributed by atoms with Gasteiger partial charge in [0.2, 0.25) is 5.91 Å². The van der Waals surface area contributed by atoms with Gasteiger partial charge in [-0.25, -0.2) is 5.06 Å². The van der Waals surface area contributed by atoms with E-state index < -0.39 is 11.8 Å². The van der Waals surface area contributed by atoms with Gasteiger partial charge in [-0.05, 0) is 49.1 Å². The first-order valence-electron chi connectivity index (χ1n) is 16.0. The van der Waals surface area contributed by atoms with Crippen molar-refractivity contribution in [3.63, 3.8) is 0 Å². The van der Waals surface area contributed by atoms with Crippen LogP contribution in [-0.2, 0) is 22.6 Å². The lowest BCUT2D eigenvalue weighted by molar-refractivity contribution is -0.117. The van der Waals surface area contributed by atoms with Gasteiger partial charge in [-0.3, -0.25) is 29.2 Å². The Balaban J connectivity index is 0.00000255. The number of carbonyl (C=O) groups excluding carboxylic acids is 3. The number of para-hydroxylation sites is 1. The summed E-state index contributed by atoms with van der Waals surface area (Å²) in [5, 5.41) is 17.8. The molecule has 13 nitrogen and oxygen atoms in total. The minimum atomic E-state index is -0.454. The number of nitrogens with zero attached hydrogens (tertiary/aromatic N) is 5. The van der Waals surface area contributed by atoms with E-state index in [9.17, 15) is 14.4 Å². The number of aryl methyl sites for hydroxylation is 1. The summed E-state index contributed by atoms with van der Waals surface area (Å²) in [5.41, 5.74) is 4.33. The van der Waals surface area contributed by atoms with Crippen molar-refractivity contribution < 1.29 is 24.0 Å². The number of carbonyl (C=O) groups is 3. The average Bonchev–Trinajstić information content (AvgIpc) is 3.98. The Morgan fingerprint density at radius 3 is 2.42 bits per heavy atom. The first-order chi connectivity index (χ1) is 23.3. The van der Waals surface area contributed by atoms with Gasteiger partial charge in [0.1, 0.15) is 11.4 Å². The number of nitrogens with one attached hydrogen (secondary N) is 3. The Kier molecular flexibility index (Phi) is 12.5. The fourth-order valence-electron chi connectivity index (χ4n) is 4.87. The molecule has 0 bridgehead atoms. The van der Waals surface area contributed by atoms with Crippen molar-refractivity contribution in [2.45, 2.75) is 53.0 Å². The van der Waals surface area contributed by atoms with Crippen LogP contribution in [-0.4, -0.2) is 64.2 Å². The summed E-state index contributed by atoms with van der Waals surface area (Å²) < 4.78 is 5.79. The summed E-state index contributed by atoms with van der Waals surface area (Å²) in [5.74, 6) is -0.335. The standard InChI is InChI=1S/C33H36N8O5.C2H6/c1-5-7-20-14-15-35-23(16-20)19-41(46-4)33(44)26-13-12-22(18-36-26)24-8-6-9-25(30(24)45-3)37-27-17-28(38-31(42)21-10-11-21)39-40-29(27)32(43)34-2;1-2/h6,8-9,12-18,21H,5,7,10-11,19H2,1-4H3,(H,34,43)(H2,37,38,39,42);1-2H3. The number of hydrogen-bond donors (Lipinski definition) is 3. The number of anilines is 3. The van der Waals surface area contributed by atoms with Gasteiger partial charge in [0, 0.05) is 42.6 Å². The molecule has 3 heterocycles. The highest BCUT2D eigenvalue weighted by Gasteiger charge is 2.30. The zero-order chi connectivity index (χ0) is 34.6. The number of aromatic nitrogens is 4. The van der Waals surface area contributed by atoms with E-state index in [-0.39, 0.29) is 35.6 Å². The molecular weight excluding hydrogens is 612 g/mol. The lowest BCUT2D eigenvalue weighted by Crippen LogP contribution is -2.30. The zero-order valence-corrected chi connectivity index (χ0v) is 28.2. The largest absolute Gasteiger partial charge is 0.494 e. The van der Waals surface area contributed by atoms with Crippen LogP contribution in [0.3, 0.4) is 0 Å². The molecule has 3 amide bonds. The monoisotopic (exact) mass is 654 g/mol. The van der Waals surface area contributed by atoms with Crippen molar-refractivity contribution in [2.75, 3.05) is 31.9 Å². The molecule has 13 heteroatoms. The summed E-state index contributed by atoms with van der Waals surface area (Å²) in [7, 11) is 4.46. The first kappa shape index (κ1) is 35.4. The number of hydroxylamine groups is 2. The number of methoxy groups -OCH3 is 1. The number of hydrogen-bond acceptors (Lipinski definition) is 10. The van der Waals surface area contributed by atoms with Crippen molar-refractivity contribution in [1.29, 1.82) is 0 Å². The molecule has 48 heavy (non-hydrogen) atoms. The van der Waals surface area contributed by atoms with Crippen molar-refractivity contribution in [2.24, 2.45) is 5.92 Å². The quantitative estimate of drug-likeness (QED) is 0.155. The van der Waals surface area contributed by atoms with E-state index in [1.54, 1.807) is 36.7 Å². The molecule has 0 saturated heterocycles. The summed E-state index contributed by atoms with van der Waals surface area (Å²) in [4.78, 5) is 52.4. The van der Waals surface area contributed by atoms with E-state index in [2.05, 4.69) is 43.0 Å². The van der Waals surface area contributed by atoms with Crippen molar-refractivity contribution in [1.82, 2.24) is 30.5 Å². The second kappa shape index (κ2) is 16.9.